The maximum absolute atomic E-state index is 12.8. The van der Waals surface area contributed by atoms with Crippen molar-refractivity contribution in [3.05, 3.63) is 36.3 Å². The molecule has 1 unspecified atom stereocenters. The number of alkyl halides is 3. The molecule has 1 atom stereocenters. The minimum Gasteiger partial charge on any atom is -0.475 e. The van der Waals surface area contributed by atoms with E-state index in [2.05, 4.69) is 24.2 Å². The van der Waals surface area contributed by atoms with Crippen molar-refractivity contribution in [2.75, 3.05) is 0 Å². The Morgan fingerprint density at radius 3 is 2.24 bits per heavy atom. The molecule has 0 bridgehead atoms. The topological polar surface area (TPSA) is 94.0 Å². The van der Waals surface area contributed by atoms with E-state index in [1.54, 1.807) is 16.8 Å². The molecule has 2 aromatic rings. The average molecular weight is 362 g/mol. The van der Waals surface area contributed by atoms with Crippen LogP contribution >= 0.6 is 0 Å². The molecule has 1 aromatic heterocycles. The summed E-state index contributed by atoms with van der Waals surface area (Å²) < 4.78 is 46.3. The van der Waals surface area contributed by atoms with Crippen molar-refractivity contribution in [3.63, 3.8) is 0 Å². The van der Waals surface area contributed by atoms with Crippen LogP contribution in [0.2, 0.25) is 0 Å². The second-order valence-corrected chi connectivity index (χ2v) is 5.54. The first kappa shape index (κ1) is 20.6. The third kappa shape index (κ3) is 6.87. The van der Waals surface area contributed by atoms with Gasteiger partial charge in [-0.1, -0.05) is 19.1 Å². The molecule has 0 saturated carbocycles. The summed E-state index contributed by atoms with van der Waals surface area (Å²) in [6.07, 6.45) is -3.25. The molecule has 2 rings (SSSR count). The molecular weight excluding hydrogens is 344 g/mol. The quantitative estimate of drug-likeness (QED) is 0.816. The number of halogens is 4. The third-order valence-electron chi connectivity index (χ3n) is 3.18. The van der Waals surface area contributed by atoms with Crippen LogP contribution in [-0.2, 0) is 11.3 Å². The van der Waals surface area contributed by atoms with Gasteiger partial charge in [-0.25, -0.2) is 9.18 Å². The van der Waals surface area contributed by atoms with E-state index in [4.69, 9.17) is 15.6 Å². The van der Waals surface area contributed by atoms with Gasteiger partial charge in [-0.3, -0.25) is 4.68 Å². The van der Waals surface area contributed by atoms with Crippen LogP contribution in [0, 0.1) is 11.7 Å². The molecule has 138 valence electrons. The Morgan fingerprint density at radius 1 is 1.28 bits per heavy atom. The number of rotatable bonds is 4. The number of carboxylic acids is 1. The summed E-state index contributed by atoms with van der Waals surface area (Å²) in [6, 6.07) is 6.24. The summed E-state index contributed by atoms with van der Waals surface area (Å²) in [5.74, 6) is -2.62. The van der Waals surface area contributed by atoms with Crippen molar-refractivity contribution in [1.82, 2.24) is 15.0 Å². The van der Waals surface area contributed by atoms with Gasteiger partial charge >= 0.3 is 12.1 Å². The van der Waals surface area contributed by atoms with Crippen LogP contribution in [0.25, 0.3) is 11.3 Å². The number of carbonyl (C=O) groups is 1. The fourth-order valence-corrected chi connectivity index (χ4v) is 1.57. The molecule has 25 heavy (non-hydrogen) atoms. The van der Waals surface area contributed by atoms with Crippen LogP contribution < -0.4 is 5.73 Å². The van der Waals surface area contributed by atoms with Crippen LogP contribution in [0.5, 0.6) is 0 Å². The fraction of sp³-hybridized carbons (Fsp3) is 0.400. The highest BCUT2D eigenvalue weighted by molar-refractivity contribution is 5.73. The number of carboxylic acid groups (broad SMARTS) is 1. The Morgan fingerprint density at radius 2 is 1.80 bits per heavy atom. The van der Waals surface area contributed by atoms with Gasteiger partial charge in [0.1, 0.15) is 11.5 Å². The van der Waals surface area contributed by atoms with Crippen LogP contribution in [0.4, 0.5) is 17.6 Å². The highest BCUT2D eigenvalue weighted by Gasteiger charge is 2.38. The number of nitrogens with two attached hydrogens (primary N) is 1. The maximum Gasteiger partial charge on any atom is 0.490 e. The summed E-state index contributed by atoms with van der Waals surface area (Å²) in [6.45, 7) is 4.77. The normalized spacial score (nSPS) is 12.5. The zero-order valence-corrected chi connectivity index (χ0v) is 13.5. The van der Waals surface area contributed by atoms with Crippen LogP contribution in [0.15, 0.2) is 30.5 Å². The van der Waals surface area contributed by atoms with Gasteiger partial charge in [-0.2, -0.15) is 13.2 Å². The highest BCUT2D eigenvalue weighted by Crippen LogP contribution is 2.16. The van der Waals surface area contributed by atoms with Crippen molar-refractivity contribution in [2.24, 2.45) is 11.7 Å². The first-order chi connectivity index (χ1) is 11.5. The Bertz CT molecular complexity index is 684. The molecule has 0 aliphatic heterocycles. The monoisotopic (exact) mass is 362 g/mol. The number of aromatic nitrogens is 3. The minimum atomic E-state index is -5.08. The molecule has 0 radical (unpaired) electrons. The van der Waals surface area contributed by atoms with E-state index in [-0.39, 0.29) is 11.9 Å². The summed E-state index contributed by atoms with van der Waals surface area (Å²) in [7, 11) is 0. The first-order valence-corrected chi connectivity index (χ1v) is 7.22. The van der Waals surface area contributed by atoms with Crippen molar-refractivity contribution in [2.45, 2.75) is 32.6 Å². The molecule has 10 heteroatoms. The zero-order chi connectivity index (χ0) is 19.2. The number of hydrogen-bond donors (Lipinski definition) is 2. The molecule has 1 heterocycles. The van der Waals surface area contributed by atoms with Gasteiger partial charge in [0.25, 0.3) is 0 Å². The molecule has 0 aliphatic rings. The lowest BCUT2D eigenvalue weighted by Gasteiger charge is -2.14. The molecule has 0 saturated heterocycles. The summed E-state index contributed by atoms with van der Waals surface area (Å²) in [5, 5.41) is 15.2. The van der Waals surface area contributed by atoms with E-state index < -0.39 is 12.1 Å². The molecule has 0 aliphatic carbocycles. The largest absolute Gasteiger partial charge is 0.490 e. The predicted octanol–water partition coefficient (Wildman–Crippen LogP) is 2.70. The molecule has 0 fully saturated rings. The first-order valence-electron chi connectivity index (χ1n) is 7.22. The molecular formula is C15H18F4N4O2. The third-order valence-corrected chi connectivity index (χ3v) is 3.18. The second-order valence-electron chi connectivity index (χ2n) is 5.54. The lowest BCUT2D eigenvalue weighted by Crippen LogP contribution is -2.31. The van der Waals surface area contributed by atoms with Gasteiger partial charge in [0, 0.05) is 11.6 Å². The predicted molar refractivity (Wildman–Crippen MR) is 81.9 cm³/mol. The minimum absolute atomic E-state index is 0.0489. The van der Waals surface area contributed by atoms with E-state index in [9.17, 15) is 17.6 Å². The number of nitrogens with zero attached hydrogens (tertiary/aromatic N) is 3. The van der Waals surface area contributed by atoms with Gasteiger partial charge in [0.15, 0.2) is 0 Å². The Labute approximate surface area is 141 Å². The van der Waals surface area contributed by atoms with Crippen molar-refractivity contribution in [1.29, 1.82) is 0 Å². The SMILES string of the molecule is CC(C)C(N)Cn1cc(-c2ccc(F)cc2)nn1.O=C(O)C(F)(F)F. The Kier molecular flexibility index (Phi) is 7.04. The van der Waals surface area contributed by atoms with Crippen LogP contribution in [-0.4, -0.2) is 38.3 Å². The van der Waals surface area contributed by atoms with E-state index in [0.717, 1.165) is 11.3 Å². The van der Waals surface area contributed by atoms with Gasteiger partial charge < -0.3 is 10.8 Å². The average Bonchev–Trinajstić information content (AvgIpc) is 2.96. The zero-order valence-electron chi connectivity index (χ0n) is 13.5. The summed E-state index contributed by atoms with van der Waals surface area (Å²) in [4.78, 5) is 8.90. The molecule has 0 spiro atoms. The number of benzene rings is 1. The second kappa shape index (κ2) is 8.56. The van der Waals surface area contributed by atoms with E-state index >= 15 is 0 Å². The lowest BCUT2D eigenvalue weighted by molar-refractivity contribution is -0.192. The Balaban J connectivity index is 0.000000381. The smallest absolute Gasteiger partial charge is 0.475 e. The van der Waals surface area contributed by atoms with E-state index in [1.807, 2.05) is 6.20 Å². The fourth-order valence-electron chi connectivity index (χ4n) is 1.57. The van der Waals surface area contributed by atoms with E-state index in [1.165, 1.54) is 12.1 Å². The Hall–Kier alpha value is -2.49. The van der Waals surface area contributed by atoms with Crippen molar-refractivity contribution in [3.8, 4) is 11.3 Å². The number of aliphatic carboxylic acids is 1. The highest BCUT2D eigenvalue weighted by atomic mass is 19.4. The van der Waals surface area contributed by atoms with Gasteiger partial charge in [-0.05, 0) is 30.2 Å². The van der Waals surface area contributed by atoms with Crippen LogP contribution in [0.1, 0.15) is 13.8 Å². The van der Waals surface area contributed by atoms with Crippen molar-refractivity contribution >= 4 is 5.97 Å². The van der Waals surface area contributed by atoms with Crippen LogP contribution in [0.3, 0.4) is 0 Å². The van der Waals surface area contributed by atoms with Gasteiger partial charge in [-0.15, -0.1) is 5.10 Å². The molecule has 0 amide bonds. The van der Waals surface area contributed by atoms with Gasteiger partial charge in [0.2, 0.25) is 0 Å². The van der Waals surface area contributed by atoms with E-state index in [0.29, 0.717) is 12.5 Å². The summed E-state index contributed by atoms with van der Waals surface area (Å²) in [5.41, 5.74) is 7.55. The standard InChI is InChI=1S/C13H17FN4.C2HF3O2/c1-9(2)12(15)7-18-8-13(16-17-18)10-3-5-11(14)6-4-10;3-2(4,5)1(6)7/h3-6,8-9,12H,7,15H2,1-2H3;(H,6,7). The lowest BCUT2D eigenvalue weighted by atomic mass is 10.1. The molecule has 6 nitrogen and oxygen atoms in total. The molecule has 3 N–H and O–H groups in total. The molecule has 1 aromatic carbocycles. The van der Waals surface area contributed by atoms with Gasteiger partial charge in [0.05, 0.1) is 12.7 Å². The summed E-state index contributed by atoms with van der Waals surface area (Å²) >= 11 is 0. The van der Waals surface area contributed by atoms with Crippen molar-refractivity contribution < 1.29 is 27.5 Å². The number of hydrogen-bond acceptors (Lipinski definition) is 4. The maximum atomic E-state index is 12.8.